The van der Waals surface area contributed by atoms with Crippen LogP contribution in [0.4, 0.5) is 4.79 Å². The number of urea groups is 1. The summed E-state index contributed by atoms with van der Waals surface area (Å²) in [5, 5.41) is 5.06. The molecule has 3 rings (SSSR count). The van der Waals surface area contributed by atoms with Gasteiger partial charge in [-0.3, -0.25) is 15.0 Å². The molecule has 4 N–H and O–H groups in total. The van der Waals surface area contributed by atoms with Crippen molar-refractivity contribution >= 4 is 24.3 Å². The van der Waals surface area contributed by atoms with E-state index in [1.54, 1.807) is 0 Å². The molecule has 1 fully saturated rings. The van der Waals surface area contributed by atoms with Crippen molar-refractivity contribution < 1.29 is 9.59 Å². The Bertz CT molecular complexity index is 742. The highest BCUT2D eigenvalue weighted by atomic mass is 35.5. The summed E-state index contributed by atoms with van der Waals surface area (Å²) in [4.78, 5) is 26.0. The van der Waals surface area contributed by atoms with Crippen LogP contribution in [0.5, 0.6) is 0 Å². The molecule has 6 nitrogen and oxygen atoms in total. The van der Waals surface area contributed by atoms with Crippen LogP contribution in [0.1, 0.15) is 17.0 Å². The van der Waals surface area contributed by atoms with E-state index >= 15 is 0 Å². The molecule has 0 radical (unpaired) electrons. The first-order chi connectivity index (χ1) is 12.6. The second-order valence-corrected chi connectivity index (χ2v) is 6.59. The lowest BCUT2D eigenvalue weighted by molar-refractivity contribution is -0.120. The van der Waals surface area contributed by atoms with Crippen LogP contribution in [0.3, 0.4) is 0 Å². The van der Waals surface area contributed by atoms with Crippen molar-refractivity contribution in [2.24, 2.45) is 5.73 Å². The molecule has 2 atom stereocenters. The van der Waals surface area contributed by atoms with E-state index in [1.165, 1.54) is 5.56 Å². The number of nitrogens with two attached hydrogens (primary N) is 1. The van der Waals surface area contributed by atoms with Gasteiger partial charge in [-0.2, -0.15) is 0 Å². The Labute approximate surface area is 165 Å². The first-order valence-electron chi connectivity index (χ1n) is 8.76. The Morgan fingerprint density at radius 1 is 1.00 bits per heavy atom. The maximum absolute atomic E-state index is 12.1. The van der Waals surface area contributed by atoms with Gasteiger partial charge in [0.1, 0.15) is 0 Å². The Hall–Kier alpha value is -2.41. The van der Waals surface area contributed by atoms with Crippen molar-refractivity contribution in [3.63, 3.8) is 0 Å². The van der Waals surface area contributed by atoms with Crippen molar-refractivity contribution in [1.82, 2.24) is 15.5 Å². The molecule has 0 aromatic heterocycles. The van der Waals surface area contributed by atoms with Crippen molar-refractivity contribution in [3.05, 3.63) is 71.8 Å². The Morgan fingerprint density at radius 3 is 2.30 bits per heavy atom. The Morgan fingerprint density at radius 2 is 1.63 bits per heavy atom. The summed E-state index contributed by atoms with van der Waals surface area (Å²) in [6.07, 6.45) is 0. The van der Waals surface area contributed by atoms with E-state index in [4.69, 9.17) is 5.73 Å². The SMILES string of the molecule is Cl.N[C@@H]1CN(CC(=O)NC(=O)NCc2ccccc2)C[C@H]1c1ccccc1. The molecule has 1 saturated heterocycles. The van der Waals surface area contributed by atoms with Crippen molar-refractivity contribution in [3.8, 4) is 0 Å². The lowest BCUT2D eigenvalue weighted by Gasteiger charge is -2.15. The molecule has 2 aromatic rings. The van der Waals surface area contributed by atoms with Crippen LogP contribution in [0.25, 0.3) is 0 Å². The van der Waals surface area contributed by atoms with Crippen LogP contribution in [0, 0.1) is 0 Å². The zero-order valence-electron chi connectivity index (χ0n) is 15.0. The smallest absolute Gasteiger partial charge is 0.321 e. The van der Waals surface area contributed by atoms with Gasteiger partial charge in [0.15, 0.2) is 0 Å². The van der Waals surface area contributed by atoms with E-state index in [0.29, 0.717) is 19.6 Å². The van der Waals surface area contributed by atoms with E-state index in [1.807, 2.05) is 53.4 Å². The highest BCUT2D eigenvalue weighted by molar-refractivity contribution is 5.95. The molecular weight excluding hydrogens is 364 g/mol. The molecular formula is C20H25ClN4O2. The number of rotatable bonds is 5. The number of amides is 3. The fourth-order valence-electron chi connectivity index (χ4n) is 3.29. The van der Waals surface area contributed by atoms with Gasteiger partial charge in [0.2, 0.25) is 5.91 Å². The topological polar surface area (TPSA) is 87.5 Å². The van der Waals surface area contributed by atoms with Gasteiger partial charge in [0.25, 0.3) is 0 Å². The number of carbonyl (C=O) groups excluding carboxylic acids is 2. The number of carbonyl (C=O) groups is 2. The first kappa shape index (κ1) is 20.9. The summed E-state index contributed by atoms with van der Waals surface area (Å²) in [5.74, 6) is -0.118. The highest BCUT2D eigenvalue weighted by Gasteiger charge is 2.32. The van der Waals surface area contributed by atoms with Crippen LogP contribution in [0.15, 0.2) is 60.7 Å². The maximum atomic E-state index is 12.1. The van der Waals surface area contributed by atoms with Gasteiger partial charge < -0.3 is 11.1 Å². The maximum Gasteiger partial charge on any atom is 0.321 e. The minimum absolute atomic E-state index is 0. The standard InChI is InChI=1S/C20H24N4O2.ClH/c21-18-13-24(12-17(18)16-9-5-2-6-10-16)14-19(25)23-20(26)22-11-15-7-3-1-4-8-15;/h1-10,17-18H,11-14,21H2,(H2,22,23,25,26);1H/t17-,18+;/m0./s1. The molecule has 7 heteroatoms. The van der Waals surface area contributed by atoms with E-state index in [2.05, 4.69) is 22.8 Å². The van der Waals surface area contributed by atoms with Crippen LogP contribution in [0.2, 0.25) is 0 Å². The minimum atomic E-state index is -0.484. The predicted molar refractivity (Wildman–Crippen MR) is 108 cm³/mol. The van der Waals surface area contributed by atoms with Crippen molar-refractivity contribution in [2.45, 2.75) is 18.5 Å². The minimum Gasteiger partial charge on any atom is -0.334 e. The quantitative estimate of drug-likeness (QED) is 0.729. The second-order valence-electron chi connectivity index (χ2n) is 6.59. The van der Waals surface area contributed by atoms with Crippen LogP contribution >= 0.6 is 12.4 Å². The summed E-state index contributed by atoms with van der Waals surface area (Å²) in [7, 11) is 0. The van der Waals surface area contributed by atoms with Gasteiger partial charge >= 0.3 is 6.03 Å². The largest absolute Gasteiger partial charge is 0.334 e. The Kier molecular flexibility index (Phi) is 7.79. The lowest BCUT2D eigenvalue weighted by Crippen LogP contribution is -2.44. The molecule has 1 heterocycles. The number of nitrogens with zero attached hydrogens (tertiary/aromatic N) is 1. The van der Waals surface area contributed by atoms with Crippen LogP contribution in [-0.2, 0) is 11.3 Å². The van der Waals surface area contributed by atoms with Gasteiger partial charge in [0.05, 0.1) is 6.54 Å². The summed E-state index contributed by atoms with van der Waals surface area (Å²) >= 11 is 0. The molecule has 144 valence electrons. The molecule has 1 aliphatic heterocycles. The first-order valence-corrected chi connectivity index (χ1v) is 8.76. The molecule has 0 aliphatic carbocycles. The number of imide groups is 1. The average Bonchev–Trinajstić information content (AvgIpc) is 3.01. The molecule has 27 heavy (non-hydrogen) atoms. The molecule has 0 spiro atoms. The summed E-state index contributed by atoms with van der Waals surface area (Å²) in [6.45, 7) is 1.89. The van der Waals surface area contributed by atoms with Gasteiger partial charge in [-0.1, -0.05) is 60.7 Å². The summed E-state index contributed by atoms with van der Waals surface area (Å²) in [6, 6.07) is 19.1. The number of hydrogen-bond donors (Lipinski definition) is 3. The molecule has 0 saturated carbocycles. The molecule has 1 aliphatic rings. The Balaban J connectivity index is 0.00000261. The zero-order valence-corrected chi connectivity index (χ0v) is 15.8. The van der Waals surface area contributed by atoms with E-state index < -0.39 is 6.03 Å². The van der Waals surface area contributed by atoms with Crippen molar-refractivity contribution in [1.29, 1.82) is 0 Å². The normalized spacial score (nSPS) is 19.1. The second kappa shape index (κ2) is 10.1. The van der Waals surface area contributed by atoms with Crippen LogP contribution < -0.4 is 16.4 Å². The van der Waals surface area contributed by atoms with Gasteiger partial charge in [0, 0.05) is 31.6 Å². The van der Waals surface area contributed by atoms with Crippen LogP contribution in [-0.4, -0.2) is 42.5 Å². The van der Waals surface area contributed by atoms with Gasteiger partial charge in [-0.05, 0) is 11.1 Å². The van der Waals surface area contributed by atoms with E-state index in [9.17, 15) is 9.59 Å². The number of likely N-dealkylation sites (tertiary alicyclic amines) is 1. The number of benzene rings is 2. The number of nitrogens with one attached hydrogen (secondary N) is 2. The third-order valence-corrected chi connectivity index (χ3v) is 4.58. The van der Waals surface area contributed by atoms with E-state index in [0.717, 1.165) is 5.56 Å². The third-order valence-electron chi connectivity index (χ3n) is 4.58. The van der Waals surface area contributed by atoms with Gasteiger partial charge in [-0.25, -0.2) is 4.79 Å². The van der Waals surface area contributed by atoms with Gasteiger partial charge in [-0.15, -0.1) is 12.4 Å². The predicted octanol–water partition coefficient (Wildman–Crippen LogP) is 1.86. The molecule has 0 bridgehead atoms. The summed E-state index contributed by atoms with van der Waals surface area (Å²) in [5.41, 5.74) is 8.40. The lowest BCUT2D eigenvalue weighted by atomic mass is 9.95. The highest BCUT2D eigenvalue weighted by Crippen LogP contribution is 2.25. The fourth-order valence-corrected chi connectivity index (χ4v) is 3.29. The van der Waals surface area contributed by atoms with Crippen molar-refractivity contribution in [2.75, 3.05) is 19.6 Å². The molecule has 3 amide bonds. The molecule has 2 aromatic carbocycles. The third kappa shape index (κ3) is 6.06. The summed E-state index contributed by atoms with van der Waals surface area (Å²) < 4.78 is 0. The zero-order chi connectivity index (χ0) is 18.4. The fraction of sp³-hybridized carbons (Fsp3) is 0.300. The number of halogens is 1. The number of hydrogen-bond acceptors (Lipinski definition) is 4. The van der Waals surface area contributed by atoms with E-state index in [-0.39, 0.29) is 36.8 Å². The molecule has 0 unspecified atom stereocenters. The monoisotopic (exact) mass is 388 g/mol. The average molecular weight is 389 g/mol.